The Hall–Kier alpha value is -3.52. The lowest BCUT2D eigenvalue weighted by atomic mass is 10.0. The molecule has 1 aliphatic rings. The Bertz CT molecular complexity index is 1010. The third-order valence-corrected chi connectivity index (χ3v) is 5.34. The van der Waals surface area contributed by atoms with Crippen LogP contribution < -0.4 is 10.6 Å². The molecule has 4 rings (SSSR count). The second-order valence-electron chi connectivity index (χ2n) is 6.53. The van der Waals surface area contributed by atoms with Crippen LogP contribution in [0.15, 0.2) is 72.2 Å². The van der Waals surface area contributed by atoms with E-state index in [1.54, 1.807) is 35.8 Å². The van der Waals surface area contributed by atoms with Crippen molar-refractivity contribution >= 4 is 34.3 Å². The molecule has 1 fully saturated rings. The monoisotopic (exact) mass is 406 g/mol. The molecular formula is C21H18N4O3S. The zero-order valence-corrected chi connectivity index (χ0v) is 16.1. The fourth-order valence-corrected chi connectivity index (χ4v) is 3.80. The van der Waals surface area contributed by atoms with Crippen molar-refractivity contribution in [2.24, 2.45) is 0 Å². The molecule has 2 heterocycles. The van der Waals surface area contributed by atoms with Gasteiger partial charge in [-0.25, -0.2) is 14.7 Å². The molecule has 0 aliphatic carbocycles. The van der Waals surface area contributed by atoms with Gasteiger partial charge in [0.25, 0.3) is 5.91 Å². The first-order valence-electron chi connectivity index (χ1n) is 9.06. The van der Waals surface area contributed by atoms with Crippen molar-refractivity contribution in [2.45, 2.75) is 18.5 Å². The predicted octanol–water partition coefficient (Wildman–Crippen LogP) is 2.99. The van der Waals surface area contributed by atoms with Gasteiger partial charge in [-0.05, 0) is 11.1 Å². The van der Waals surface area contributed by atoms with Crippen LogP contribution in [0.1, 0.15) is 17.2 Å². The average molecular weight is 406 g/mol. The molecule has 29 heavy (non-hydrogen) atoms. The van der Waals surface area contributed by atoms with Gasteiger partial charge in [-0.1, -0.05) is 60.7 Å². The quantitative estimate of drug-likeness (QED) is 0.616. The van der Waals surface area contributed by atoms with Crippen LogP contribution in [0.3, 0.4) is 0 Å². The molecule has 2 atom stereocenters. The highest BCUT2D eigenvalue weighted by molar-refractivity contribution is 7.13. The van der Waals surface area contributed by atoms with Crippen LogP contribution in [-0.2, 0) is 16.0 Å². The summed E-state index contributed by atoms with van der Waals surface area (Å²) in [7, 11) is 0. The number of nitrogens with zero attached hydrogens (tertiary/aromatic N) is 2. The predicted molar refractivity (Wildman–Crippen MR) is 109 cm³/mol. The summed E-state index contributed by atoms with van der Waals surface area (Å²) in [6.07, 6.45) is 1.78. The van der Waals surface area contributed by atoms with E-state index in [1.165, 1.54) is 11.3 Å². The van der Waals surface area contributed by atoms with Gasteiger partial charge in [0.2, 0.25) is 5.91 Å². The number of nitrogens with one attached hydrogen (secondary N) is 2. The smallest absolute Gasteiger partial charge is 0.322 e. The number of imide groups is 1. The summed E-state index contributed by atoms with van der Waals surface area (Å²) in [6, 6.07) is 15.9. The number of benzene rings is 2. The highest BCUT2D eigenvalue weighted by Gasteiger charge is 2.45. The Morgan fingerprint density at radius 1 is 1.10 bits per heavy atom. The topological polar surface area (TPSA) is 91.4 Å². The lowest BCUT2D eigenvalue weighted by Gasteiger charge is -2.24. The van der Waals surface area contributed by atoms with E-state index in [-0.39, 0.29) is 6.42 Å². The van der Waals surface area contributed by atoms with Crippen LogP contribution in [0, 0.1) is 0 Å². The number of hydrogen-bond donors (Lipinski definition) is 2. The molecule has 0 saturated carbocycles. The van der Waals surface area contributed by atoms with Gasteiger partial charge in [-0.2, -0.15) is 0 Å². The van der Waals surface area contributed by atoms with E-state index >= 15 is 0 Å². The van der Waals surface area contributed by atoms with Crippen molar-refractivity contribution in [1.82, 2.24) is 15.2 Å². The molecule has 1 saturated heterocycles. The summed E-state index contributed by atoms with van der Waals surface area (Å²) in [5.41, 5.74) is 1.52. The van der Waals surface area contributed by atoms with Crippen LogP contribution in [0.2, 0.25) is 0 Å². The molecule has 4 amide bonds. The van der Waals surface area contributed by atoms with Gasteiger partial charge in [0, 0.05) is 18.0 Å². The van der Waals surface area contributed by atoms with Crippen molar-refractivity contribution in [2.75, 3.05) is 5.32 Å². The average Bonchev–Trinajstić information content (AvgIpc) is 3.35. The molecule has 1 aromatic heterocycles. The van der Waals surface area contributed by atoms with Crippen molar-refractivity contribution in [3.63, 3.8) is 0 Å². The Kier molecular flexibility index (Phi) is 5.35. The third kappa shape index (κ3) is 4.02. The molecule has 1 aliphatic heterocycles. The number of urea groups is 1. The molecule has 0 unspecified atom stereocenters. The van der Waals surface area contributed by atoms with E-state index in [4.69, 9.17) is 0 Å². The molecule has 2 N–H and O–H groups in total. The van der Waals surface area contributed by atoms with Gasteiger partial charge in [-0.3, -0.25) is 9.59 Å². The first-order valence-corrected chi connectivity index (χ1v) is 9.94. The zero-order chi connectivity index (χ0) is 20.2. The minimum absolute atomic E-state index is 0.207. The highest BCUT2D eigenvalue weighted by Crippen LogP contribution is 2.25. The molecule has 0 spiro atoms. The van der Waals surface area contributed by atoms with E-state index in [1.807, 2.05) is 36.4 Å². The summed E-state index contributed by atoms with van der Waals surface area (Å²) < 4.78 is 0. The summed E-state index contributed by atoms with van der Waals surface area (Å²) in [5, 5.41) is 7.56. The number of thiazole rings is 1. The standard InChI is InChI=1S/C21H18N4O3S/c26-18(24-20-22-11-12-29-20)16(13-14-7-3-1-4-8-14)25-19(27)17(23-21(25)28)15-9-5-2-6-10-15/h1-12,16-17H,13H2,(H,23,28)(H,22,24,26)/t16-,17+/m0/s1. The first-order chi connectivity index (χ1) is 14.1. The minimum atomic E-state index is -0.998. The summed E-state index contributed by atoms with van der Waals surface area (Å²) in [6.45, 7) is 0. The van der Waals surface area contributed by atoms with Gasteiger partial charge < -0.3 is 10.6 Å². The summed E-state index contributed by atoms with van der Waals surface area (Å²) in [5.74, 6) is -0.905. The van der Waals surface area contributed by atoms with Crippen molar-refractivity contribution in [1.29, 1.82) is 0 Å². The molecule has 146 valence electrons. The summed E-state index contributed by atoms with van der Waals surface area (Å²) in [4.78, 5) is 43.9. The Morgan fingerprint density at radius 2 is 1.79 bits per heavy atom. The molecular weight excluding hydrogens is 388 g/mol. The van der Waals surface area contributed by atoms with Gasteiger partial charge in [-0.15, -0.1) is 11.3 Å². The Morgan fingerprint density at radius 3 is 2.45 bits per heavy atom. The lowest BCUT2D eigenvalue weighted by Crippen LogP contribution is -2.49. The number of hydrogen-bond acceptors (Lipinski definition) is 5. The number of carbonyl (C=O) groups is 3. The van der Waals surface area contributed by atoms with E-state index in [0.29, 0.717) is 10.7 Å². The Balaban J connectivity index is 1.63. The van der Waals surface area contributed by atoms with E-state index < -0.39 is 29.9 Å². The van der Waals surface area contributed by atoms with Crippen LogP contribution in [0.5, 0.6) is 0 Å². The van der Waals surface area contributed by atoms with Crippen LogP contribution in [-0.4, -0.2) is 33.8 Å². The molecule has 3 aromatic rings. The zero-order valence-electron chi connectivity index (χ0n) is 15.3. The normalized spacial score (nSPS) is 17.1. The number of aromatic nitrogens is 1. The SMILES string of the molecule is O=C(Nc1nccs1)[C@H](Cc1ccccc1)N1C(=O)N[C@H](c2ccccc2)C1=O. The van der Waals surface area contributed by atoms with Crippen molar-refractivity contribution in [3.8, 4) is 0 Å². The van der Waals surface area contributed by atoms with E-state index in [2.05, 4.69) is 15.6 Å². The number of amides is 4. The second-order valence-corrected chi connectivity index (χ2v) is 7.43. The molecule has 2 aromatic carbocycles. The maximum absolute atomic E-state index is 13.1. The molecule has 0 radical (unpaired) electrons. The summed E-state index contributed by atoms with van der Waals surface area (Å²) >= 11 is 1.27. The van der Waals surface area contributed by atoms with Crippen molar-refractivity contribution in [3.05, 3.63) is 83.4 Å². The molecule has 0 bridgehead atoms. The number of carbonyl (C=O) groups excluding carboxylic acids is 3. The molecule has 7 nitrogen and oxygen atoms in total. The van der Waals surface area contributed by atoms with Crippen molar-refractivity contribution < 1.29 is 14.4 Å². The third-order valence-electron chi connectivity index (χ3n) is 4.65. The van der Waals surface area contributed by atoms with Crippen LogP contribution in [0.4, 0.5) is 9.93 Å². The van der Waals surface area contributed by atoms with Gasteiger partial charge in [0.05, 0.1) is 0 Å². The maximum atomic E-state index is 13.1. The number of rotatable bonds is 6. The Labute approximate surface area is 171 Å². The van der Waals surface area contributed by atoms with Crippen LogP contribution >= 0.6 is 11.3 Å². The molecule has 8 heteroatoms. The van der Waals surface area contributed by atoms with E-state index in [0.717, 1.165) is 10.5 Å². The lowest BCUT2D eigenvalue weighted by molar-refractivity contribution is -0.134. The largest absolute Gasteiger partial charge is 0.325 e. The van der Waals surface area contributed by atoms with Gasteiger partial charge >= 0.3 is 6.03 Å². The van der Waals surface area contributed by atoms with E-state index in [9.17, 15) is 14.4 Å². The fraction of sp³-hybridized carbons (Fsp3) is 0.143. The first kappa shape index (κ1) is 18.8. The fourth-order valence-electron chi connectivity index (χ4n) is 3.27. The minimum Gasteiger partial charge on any atom is -0.322 e. The van der Waals surface area contributed by atoms with Crippen LogP contribution in [0.25, 0.3) is 0 Å². The van der Waals surface area contributed by atoms with Gasteiger partial charge in [0.1, 0.15) is 12.1 Å². The second kappa shape index (κ2) is 8.24. The number of anilines is 1. The highest BCUT2D eigenvalue weighted by atomic mass is 32.1. The van der Waals surface area contributed by atoms with Gasteiger partial charge in [0.15, 0.2) is 5.13 Å². The maximum Gasteiger partial charge on any atom is 0.325 e.